The molecule has 0 aliphatic heterocycles. The van der Waals surface area contributed by atoms with Gasteiger partial charge >= 0.3 is 5.97 Å². The van der Waals surface area contributed by atoms with Gasteiger partial charge in [-0.2, -0.15) is 0 Å². The minimum atomic E-state index is -0.260. The average molecular weight is 375 g/mol. The van der Waals surface area contributed by atoms with Gasteiger partial charge in [0.25, 0.3) is 0 Å². The van der Waals surface area contributed by atoms with Gasteiger partial charge in [-0.1, -0.05) is 53.5 Å². The molecule has 3 rings (SSSR count). The summed E-state index contributed by atoms with van der Waals surface area (Å²) >= 11 is 12.4. The Bertz CT molecular complexity index is 811. The van der Waals surface area contributed by atoms with Crippen LogP contribution in [0, 0.1) is 0 Å². The van der Waals surface area contributed by atoms with Crippen molar-refractivity contribution in [3.8, 4) is 0 Å². The van der Waals surface area contributed by atoms with E-state index in [0.717, 1.165) is 17.5 Å². The Morgan fingerprint density at radius 1 is 1.04 bits per heavy atom. The van der Waals surface area contributed by atoms with Crippen molar-refractivity contribution in [3.63, 3.8) is 0 Å². The van der Waals surface area contributed by atoms with Crippen molar-refractivity contribution >= 4 is 29.2 Å². The summed E-state index contributed by atoms with van der Waals surface area (Å²) in [5, 5.41) is 1.35. The predicted octanol–water partition coefficient (Wildman–Crippen LogP) is 6.14. The lowest BCUT2D eigenvalue weighted by Gasteiger charge is -2.24. The van der Waals surface area contributed by atoms with Crippen molar-refractivity contribution in [3.05, 3.63) is 81.4 Å². The number of halogens is 2. The molecule has 0 fully saturated rings. The fourth-order valence-corrected chi connectivity index (χ4v) is 3.80. The normalized spacial score (nSPS) is 19.8. The van der Waals surface area contributed by atoms with E-state index in [-0.39, 0.29) is 23.9 Å². The average Bonchev–Trinajstić information content (AvgIpc) is 2.99. The molecule has 1 aliphatic carbocycles. The molecule has 4 heteroatoms. The summed E-state index contributed by atoms with van der Waals surface area (Å²) in [6, 6.07) is 15.5. The van der Waals surface area contributed by atoms with Gasteiger partial charge in [-0.05, 0) is 61.6 Å². The summed E-state index contributed by atoms with van der Waals surface area (Å²) in [7, 11) is 0. The molecule has 0 saturated carbocycles. The molecule has 0 amide bonds. The number of hydrogen-bond acceptors (Lipinski definition) is 2. The highest BCUT2D eigenvalue weighted by molar-refractivity contribution is 6.31. The van der Waals surface area contributed by atoms with Gasteiger partial charge in [-0.3, -0.25) is 0 Å². The lowest BCUT2D eigenvalue weighted by molar-refractivity contribution is -0.142. The Morgan fingerprint density at radius 3 is 2.24 bits per heavy atom. The molecule has 2 aromatic rings. The van der Waals surface area contributed by atoms with Gasteiger partial charge in [0.15, 0.2) is 0 Å². The maximum atomic E-state index is 12.6. The van der Waals surface area contributed by atoms with E-state index in [1.807, 2.05) is 62.4 Å². The lowest BCUT2D eigenvalue weighted by Crippen LogP contribution is -2.19. The zero-order valence-corrected chi connectivity index (χ0v) is 15.7. The minimum Gasteiger partial charge on any atom is -0.460 e. The monoisotopic (exact) mass is 374 g/mol. The first kappa shape index (κ1) is 18.0. The molecule has 2 aromatic carbocycles. The Morgan fingerprint density at radius 2 is 1.64 bits per heavy atom. The summed E-state index contributed by atoms with van der Waals surface area (Å²) < 4.78 is 5.46. The number of hydrogen-bond donors (Lipinski definition) is 0. The van der Waals surface area contributed by atoms with Crippen LogP contribution in [0.25, 0.3) is 0 Å². The zero-order chi connectivity index (χ0) is 18.0. The van der Waals surface area contributed by atoms with Crippen LogP contribution in [0.2, 0.25) is 10.0 Å². The maximum absolute atomic E-state index is 12.6. The molecule has 0 unspecified atom stereocenters. The third-order valence-corrected chi connectivity index (χ3v) is 4.86. The standard InChI is InChI=1S/C21H20Cl2O2/c1-13(2)25-21(24)19-10-9-18(14-5-3-7-16(22)11-14)20(19)15-6-4-8-17(23)12-15/h3-8,10-13,18,20H,9H2,1-2H3/t18-,20+/m0/s1. The molecule has 0 saturated heterocycles. The van der Waals surface area contributed by atoms with Gasteiger partial charge < -0.3 is 4.74 Å². The Labute approximate surface area is 158 Å². The number of rotatable bonds is 4. The summed E-state index contributed by atoms with van der Waals surface area (Å²) in [5.41, 5.74) is 2.82. The molecule has 25 heavy (non-hydrogen) atoms. The van der Waals surface area contributed by atoms with E-state index in [1.165, 1.54) is 0 Å². The van der Waals surface area contributed by atoms with E-state index in [1.54, 1.807) is 0 Å². The molecule has 0 spiro atoms. The molecule has 0 bridgehead atoms. The topological polar surface area (TPSA) is 26.3 Å². The van der Waals surface area contributed by atoms with Gasteiger partial charge in [-0.25, -0.2) is 4.79 Å². The number of carbonyl (C=O) groups is 1. The highest BCUT2D eigenvalue weighted by atomic mass is 35.5. The van der Waals surface area contributed by atoms with E-state index in [9.17, 15) is 4.79 Å². The molecular weight excluding hydrogens is 355 g/mol. The second-order valence-corrected chi connectivity index (χ2v) is 7.42. The van der Waals surface area contributed by atoms with Gasteiger partial charge in [0.1, 0.15) is 0 Å². The smallest absolute Gasteiger partial charge is 0.334 e. The van der Waals surface area contributed by atoms with E-state index >= 15 is 0 Å². The van der Waals surface area contributed by atoms with Crippen LogP contribution in [-0.4, -0.2) is 12.1 Å². The van der Waals surface area contributed by atoms with Crippen LogP contribution in [0.5, 0.6) is 0 Å². The maximum Gasteiger partial charge on any atom is 0.334 e. The highest BCUT2D eigenvalue weighted by Gasteiger charge is 2.36. The van der Waals surface area contributed by atoms with Gasteiger partial charge in [0.05, 0.1) is 6.10 Å². The van der Waals surface area contributed by atoms with E-state index in [4.69, 9.17) is 27.9 Å². The molecule has 0 N–H and O–H groups in total. The lowest BCUT2D eigenvalue weighted by atomic mass is 9.80. The molecule has 2 nitrogen and oxygen atoms in total. The molecular formula is C21H20Cl2O2. The van der Waals surface area contributed by atoms with Crippen LogP contribution in [0.1, 0.15) is 43.2 Å². The van der Waals surface area contributed by atoms with E-state index < -0.39 is 0 Å². The Hall–Kier alpha value is -1.77. The van der Waals surface area contributed by atoms with Crippen LogP contribution in [0.15, 0.2) is 60.2 Å². The summed E-state index contributed by atoms with van der Waals surface area (Å²) in [5.74, 6) is -0.222. The first-order valence-electron chi connectivity index (χ1n) is 8.37. The van der Waals surface area contributed by atoms with Gasteiger partial charge in [-0.15, -0.1) is 0 Å². The third-order valence-electron chi connectivity index (χ3n) is 4.39. The van der Waals surface area contributed by atoms with Crippen LogP contribution >= 0.6 is 23.2 Å². The molecule has 1 aliphatic rings. The van der Waals surface area contributed by atoms with Crippen molar-refractivity contribution in [1.82, 2.24) is 0 Å². The molecule has 0 radical (unpaired) electrons. The fourth-order valence-electron chi connectivity index (χ4n) is 3.40. The fraction of sp³-hybridized carbons (Fsp3) is 0.286. The molecule has 0 aromatic heterocycles. The van der Waals surface area contributed by atoms with Gasteiger partial charge in [0, 0.05) is 21.5 Å². The number of allylic oxidation sites excluding steroid dienone is 1. The van der Waals surface area contributed by atoms with E-state index in [2.05, 4.69) is 6.07 Å². The Balaban J connectivity index is 2.01. The van der Waals surface area contributed by atoms with Crippen molar-refractivity contribution in [2.45, 2.75) is 38.2 Å². The summed E-state index contributed by atoms with van der Waals surface area (Å²) in [4.78, 5) is 12.6. The van der Waals surface area contributed by atoms with Crippen LogP contribution < -0.4 is 0 Å². The second kappa shape index (κ2) is 7.63. The second-order valence-electron chi connectivity index (χ2n) is 6.54. The molecule has 0 heterocycles. The molecule has 130 valence electrons. The minimum absolute atomic E-state index is 0.0941. The number of ether oxygens (including phenoxy) is 1. The van der Waals surface area contributed by atoms with Gasteiger partial charge in [0.2, 0.25) is 0 Å². The van der Waals surface area contributed by atoms with Crippen molar-refractivity contribution in [1.29, 1.82) is 0 Å². The van der Waals surface area contributed by atoms with Crippen LogP contribution in [0.4, 0.5) is 0 Å². The molecule has 2 atom stereocenters. The largest absolute Gasteiger partial charge is 0.460 e. The van der Waals surface area contributed by atoms with E-state index in [0.29, 0.717) is 15.6 Å². The zero-order valence-electron chi connectivity index (χ0n) is 14.2. The van der Waals surface area contributed by atoms with Crippen LogP contribution in [0.3, 0.4) is 0 Å². The predicted molar refractivity (Wildman–Crippen MR) is 102 cm³/mol. The Kier molecular flexibility index (Phi) is 5.51. The van der Waals surface area contributed by atoms with Crippen molar-refractivity contribution in [2.24, 2.45) is 0 Å². The summed E-state index contributed by atoms with van der Waals surface area (Å²) in [6.45, 7) is 3.71. The van der Waals surface area contributed by atoms with Crippen LogP contribution in [-0.2, 0) is 9.53 Å². The van der Waals surface area contributed by atoms with Crippen molar-refractivity contribution < 1.29 is 9.53 Å². The number of esters is 1. The first-order valence-corrected chi connectivity index (χ1v) is 9.13. The highest BCUT2D eigenvalue weighted by Crippen LogP contribution is 2.47. The third kappa shape index (κ3) is 4.08. The SMILES string of the molecule is CC(C)OC(=O)C1=CC[C@@H](c2cccc(Cl)c2)[C@H]1c1cccc(Cl)c1. The van der Waals surface area contributed by atoms with Crippen molar-refractivity contribution in [2.75, 3.05) is 0 Å². The first-order chi connectivity index (χ1) is 12.0. The number of carbonyl (C=O) groups excluding carboxylic acids is 1. The quantitative estimate of drug-likeness (QED) is 0.600. The number of benzene rings is 2. The summed E-state index contributed by atoms with van der Waals surface area (Å²) in [6.07, 6.45) is 2.60.